The van der Waals surface area contributed by atoms with Crippen LogP contribution in [0.15, 0.2) is 48.5 Å². The van der Waals surface area contributed by atoms with E-state index in [1.54, 1.807) is 0 Å². The van der Waals surface area contributed by atoms with Crippen LogP contribution in [-0.2, 0) is 12.7 Å². The number of amides is 2. The lowest BCUT2D eigenvalue weighted by Crippen LogP contribution is -2.19. The van der Waals surface area contributed by atoms with Gasteiger partial charge in [0.25, 0.3) is 11.8 Å². The van der Waals surface area contributed by atoms with Gasteiger partial charge in [0, 0.05) is 17.0 Å². The Hall–Kier alpha value is -4.69. The fourth-order valence-electron chi connectivity index (χ4n) is 3.76. The van der Waals surface area contributed by atoms with Crippen LogP contribution in [0.2, 0.25) is 0 Å². The van der Waals surface area contributed by atoms with Crippen molar-refractivity contribution < 1.29 is 45.1 Å². The highest BCUT2D eigenvalue weighted by atomic mass is 19.4. The minimum absolute atomic E-state index is 0.00994. The van der Waals surface area contributed by atoms with Crippen LogP contribution in [0.3, 0.4) is 0 Å². The van der Waals surface area contributed by atoms with Crippen molar-refractivity contribution in [2.75, 3.05) is 5.32 Å². The Balaban J connectivity index is 1.77. The van der Waals surface area contributed by atoms with Crippen LogP contribution in [0.5, 0.6) is 5.75 Å². The van der Waals surface area contributed by atoms with E-state index in [1.165, 1.54) is 25.1 Å². The summed E-state index contributed by atoms with van der Waals surface area (Å²) in [5.41, 5.74) is 1.60. The number of primary amides is 1. The molecular formula is C24H16F7N5O3. The maximum Gasteiger partial charge on any atom is 0.573 e. The molecular weight excluding hydrogens is 539 g/mol. The molecule has 0 saturated heterocycles. The molecule has 0 bridgehead atoms. The third-order valence-electron chi connectivity index (χ3n) is 5.50. The number of carbonyl (C=O) groups excluding carboxylic acids is 2. The first-order valence-electron chi connectivity index (χ1n) is 10.8. The van der Waals surface area contributed by atoms with Crippen molar-refractivity contribution in [3.8, 4) is 5.75 Å². The number of nitrogens with one attached hydrogen (secondary N) is 1. The smallest absolute Gasteiger partial charge is 0.405 e. The summed E-state index contributed by atoms with van der Waals surface area (Å²) in [6, 6.07) is 8.78. The van der Waals surface area contributed by atoms with Gasteiger partial charge in [0.1, 0.15) is 17.3 Å². The van der Waals surface area contributed by atoms with Gasteiger partial charge >= 0.3 is 12.5 Å². The molecule has 15 heteroatoms. The zero-order valence-corrected chi connectivity index (χ0v) is 19.6. The molecule has 0 fully saturated rings. The number of hydrogen-bond donors (Lipinski definition) is 2. The van der Waals surface area contributed by atoms with Gasteiger partial charge in [0.05, 0.1) is 29.0 Å². The standard InChI is InChI=1S/C24H16F7N5O3/c1-11-19(34-22(38)15-9-17(21(32)37)33-16-8-13(25)6-7-14(15)16)20(23(26,27)28)35-36(11)10-12-4-2-3-5-18(12)39-24(29,30)31/h2-9H,10H2,1H3,(H2,32,37)(H,34,38). The van der Waals surface area contributed by atoms with Gasteiger partial charge in [0.15, 0.2) is 5.69 Å². The van der Waals surface area contributed by atoms with Crippen molar-refractivity contribution in [1.29, 1.82) is 0 Å². The van der Waals surface area contributed by atoms with E-state index in [0.29, 0.717) is 0 Å². The molecule has 8 nitrogen and oxygen atoms in total. The monoisotopic (exact) mass is 555 g/mol. The van der Waals surface area contributed by atoms with Crippen LogP contribution in [0, 0.1) is 12.7 Å². The van der Waals surface area contributed by atoms with E-state index in [4.69, 9.17) is 5.73 Å². The van der Waals surface area contributed by atoms with Gasteiger partial charge in [-0.15, -0.1) is 13.2 Å². The van der Waals surface area contributed by atoms with Crippen molar-refractivity contribution >= 4 is 28.4 Å². The highest BCUT2D eigenvalue weighted by Crippen LogP contribution is 2.37. The van der Waals surface area contributed by atoms with Crippen molar-refractivity contribution in [1.82, 2.24) is 14.8 Å². The lowest BCUT2D eigenvalue weighted by atomic mass is 10.1. The van der Waals surface area contributed by atoms with E-state index in [9.17, 15) is 40.3 Å². The van der Waals surface area contributed by atoms with E-state index >= 15 is 0 Å². The number of anilines is 1. The van der Waals surface area contributed by atoms with Gasteiger partial charge in [-0.05, 0) is 31.2 Å². The molecule has 0 aliphatic carbocycles. The lowest BCUT2D eigenvalue weighted by Gasteiger charge is -2.14. The molecule has 204 valence electrons. The number of nitrogens with zero attached hydrogens (tertiary/aromatic N) is 3. The van der Waals surface area contributed by atoms with Gasteiger partial charge in [-0.2, -0.15) is 18.3 Å². The molecule has 0 spiro atoms. The highest BCUT2D eigenvalue weighted by molar-refractivity contribution is 6.14. The van der Waals surface area contributed by atoms with Gasteiger partial charge in [0.2, 0.25) is 0 Å². The predicted molar refractivity (Wildman–Crippen MR) is 122 cm³/mol. The van der Waals surface area contributed by atoms with Crippen molar-refractivity contribution in [3.63, 3.8) is 0 Å². The number of para-hydroxylation sites is 1. The van der Waals surface area contributed by atoms with Crippen molar-refractivity contribution in [2.24, 2.45) is 5.73 Å². The Labute approximate surface area is 214 Å². The second kappa shape index (κ2) is 9.89. The zero-order valence-electron chi connectivity index (χ0n) is 19.6. The highest BCUT2D eigenvalue weighted by Gasteiger charge is 2.40. The minimum atomic E-state index is -5.08. The number of fused-ring (bicyclic) bond motifs is 1. The van der Waals surface area contributed by atoms with E-state index in [1.807, 2.05) is 0 Å². The van der Waals surface area contributed by atoms with Gasteiger partial charge in [-0.3, -0.25) is 14.3 Å². The molecule has 0 radical (unpaired) electrons. The molecule has 0 saturated carbocycles. The average Bonchev–Trinajstić information content (AvgIpc) is 3.13. The molecule has 4 aromatic rings. The first kappa shape index (κ1) is 27.3. The maximum atomic E-state index is 13.9. The molecule has 2 amide bonds. The number of halogens is 7. The number of benzene rings is 2. The number of alkyl halides is 6. The summed E-state index contributed by atoms with van der Waals surface area (Å²) in [4.78, 5) is 28.7. The summed E-state index contributed by atoms with van der Waals surface area (Å²) in [6.45, 7) is 0.597. The normalized spacial score (nSPS) is 12.0. The number of carbonyl (C=O) groups is 2. The molecule has 0 atom stereocenters. The molecule has 0 aliphatic rings. The molecule has 4 rings (SSSR count). The minimum Gasteiger partial charge on any atom is -0.405 e. The second-order valence-corrected chi connectivity index (χ2v) is 8.15. The van der Waals surface area contributed by atoms with E-state index in [0.717, 1.165) is 35.0 Å². The third-order valence-corrected chi connectivity index (χ3v) is 5.50. The Morgan fingerprint density at radius 1 is 1.05 bits per heavy atom. The summed E-state index contributed by atoms with van der Waals surface area (Å²) >= 11 is 0. The quantitative estimate of drug-likeness (QED) is 0.318. The fraction of sp³-hybridized carbons (Fsp3) is 0.167. The van der Waals surface area contributed by atoms with Crippen LogP contribution < -0.4 is 15.8 Å². The van der Waals surface area contributed by atoms with Crippen LogP contribution in [0.1, 0.15) is 37.8 Å². The molecule has 2 heterocycles. The van der Waals surface area contributed by atoms with Crippen LogP contribution in [0.4, 0.5) is 36.4 Å². The summed E-state index contributed by atoms with van der Waals surface area (Å²) in [7, 11) is 0. The summed E-state index contributed by atoms with van der Waals surface area (Å²) < 4.78 is 98.4. The summed E-state index contributed by atoms with van der Waals surface area (Å²) in [5.74, 6) is -3.61. The Morgan fingerprint density at radius 3 is 2.38 bits per heavy atom. The lowest BCUT2D eigenvalue weighted by molar-refractivity contribution is -0.274. The Bertz CT molecular complexity index is 1600. The molecule has 0 aliphatic heterocycles. The number of rotatable bonds is 6. The van der Waals surface area contributed by atoms with Gasteiger partial charge in [-0.1, -0.05) is 18.2 Å². The maximum absolute atomic E-state index is 13.9. The fourth-order valence-corrected chi connectivity index (χ4v) is 3.76. The van der Waals surface area contributed by atoms with E-state index in [-0.39, 0.29) is 27.7 Å². The largest absolute Gasteiger partial charge is 0.573 e. The molecule has 3 N–H and O–H groups in total. The second-order valence-electron chi connectivity index (χ2n) is 8.15. The average molecular weight is 555 g/mol. The summed E-state index contributed by atoms with van der Waals surface area (Å²) in [5, 5.41) is 5.60. The first-order valence-corrected chi connectivity index (χ1v) is 10.8. The number of pyridine rings is 1. The zero-order chi connectivity index (χ0) is 28.7. The van der Waals surface area contributed by atoms with E-state index in [2.05, 4.69) is 20.1 Å². The molecule has 39 heavy (non-hydrogen) atoms. The third kappa shape index (κ3) is 5.91. The SMILES string of the molecule is Cc1c(NC(=O)c2cc(C(N)=O)nc3cc(F)ccc23)c(C(F)(F)F)nn1Cc1ccccc1OC(F)(F)F. The van der Waals surface area contributed by atoms with Gasteiger partial charge in [-0.25, -0.2) is 9.37 Å². The molecule has 0 unspecified atom stereocenters. The molecule has 2 aromatic carbocycles. The summed E-state index contributed by atoms with van der Waals surface area (Å²) in [6.07, 6.45) is -10.1. The number of ether oxygens (including phenoxy) is 1. The topological polar surface area (TPSA) is 112 Å². The van der Waals surface area contributed by atoms with Crippen LogP contribution in [-0.4, -0.2) is 32.9 Å². The van der Waals surface area contributed by atoms with Crippen molar-refractivity contribution in [2.45, 2.75) is 26.0 Å². The van der Waals surface area contributed by atoms with Crippen molar-refractivity contribution in [3.05, 3.63) is 82.6 Å². The number of aromatic nitrogens is 3. The van der Waals surface area contributed by atoms with Crippen LogP contribution in [0.25, 0.3) is 10.9 Å². The molecule has 2 aromatic heterocycles. The van der Waals surface area contributed by atoms with Gasteiger partial charge < -0.3 is 15.8 Å². The Kier molecular flexibility index (Phi) is 6.93. The van der Waals surface area contributed by atoms with Crippen LogP contribution >= 0.6 is 0 Å². The predicted octanol–water partition coefficient (Wildman–Crippen LogP) is 5.20. The Morgan fingerprint density at radius 2 is 1.74 bits per heavy atom. The number of nitrogens with two attached hydrogens (primary N) is 1. The van der Waals surface area contributed by atoms with E-state index < -0.39 is 59.5 Å². The number of hydrogen-bond acceptors (Lipinski definition) is 5. The first-order chi connectivity index (χ1) is 18.1.